The highest BCUT2D eigenvalue weighted by Gasteiger charge is 2.29. The number of amides is 1. The van der Waals surface area contributed by atoms with Crippen molar-refractivity contribution in [1.29, 1.82) is 0 Å². The number of nitrogens with one attached hydrogen (secondary N) is 1. The van der Waals surface area contributed by atoms with Gasteiger partial charge in [0.05, 0.1) is 24.8 Å². The molecule has 7 heteroatoms. The molecular weight excluding hydrogens is 321 g/mol. The average molecular weight is 344 g/mol. The first-order valence-corrected chi connectivity index (χ1v) is 8.10. The molecule has 5 nitrogen and oxygen atoms in total. The lowest BCUT2D eigenvalue weighted by Gasteiger charge is -2.38. The van der Waals surface area contributed by atoms with Crippen LogP contribution in [0.5, 0.6) is 0 Å². The van der Waals surface area contributed by atoms with Gasteiger partial charge in [-0.3, -0.25) is 9.69 Å². The molecule has 0 radical (unpaired) electrons. The predicted octanol–water partition coefficient (Wildman–Crippen LogP) is 1.70. The summed E-state index contributed by atoms with van der Waals surface area (Å²) in [6, 6.07) is 3.63. The van der Waals surface area contributed by atoms with Crippen LogP contribution in [0.1, 0.15) is 25.5 Å². The molecule has 3 N–H and O–H groups in total. The quantitative estimate of drug-likeness (QED) is 0.854. The van der Waals surface area contributed by atoms with Crippen molar-refractivity contribution in [3.05, 3.63) is 34.6 Å². The highest BCUT2D eigenvalue weighted by atomic mass is 35.5. The van der Waals surface area contributed by atoms with Gasteiger partial charge < -0.3 is 15.8 Å². The molecule has 0 bridgehead atoms. The lowest BCUT2D eigenvalue weighted by molar-refractivity contribution is -0.122. The Bertz CT molecular complexity index is 536. The van der Waals surface area contributed by atoms with Crippen LogP contribution < -0.4 is 11.1 Å². The van der Waals surface area contributed by atoms with Crippen LogP contribution in [0.15, 0.2) is 18.2 Å². The number of ether oxygens (including phenoxy) is 1. The predicted molar refractivity (Wildman–Crippen MR) is 87.8 cm³/mol. The number of morpholine rings is 1. The summed E-state index contributed by atoms with van der Waals surface area (Å²) >= 11 is 6.22. The van der Waals surface area contributed by atoms with E-state index in [9.17, 15) is 9.18 Å². The highest BCUT2D eigenvalue weighted by molar-refractivity contribution is 6.31. The summed E-state index contributed by atoms with van der Waals surface area (Å²) < 4.78 is 19.9. The van der Waals surface area contributed by atoms with Gasteiger partial charge in [-0.25, -0.2) is 4.39 Å². The molecule has 1 saturated heterocycles. The molecule has 1 aliphatic rings. The molecule has 1 fully saturated rings. The van der Waals surface area contributed by atoms with Crippen LogP contribution in [0.4, 0.5) is 4.39 Å². The molecule has 1 amide bonds. The first-order valence-electron chi connectivity index (χ1n) is 7.73. The van der Waals surface area contributed by atoms with Crippen LogP contribution in [0.3, 0.4) is 0 Å². The van der Waals surface area contributed by atoms with Crippen molar-refractivity contribution < 1.29 is 13.9 Å². The van der Waals surface area contributed by atoms with Gasteiger partial charge in [0, 0.05) is 30.2 Å². The van der Waals surface area contributed by atoms with Crippen molar-refractivity contribution in [2.24, 2.45) is 5.73 Å². The number of rotatable bonds is 5. The van der Waals surface area contributed by atoms with Crippen LogP contribution in [0.2, 0.25) is 5.02 Å². The van der Waals surface area contributed by atoms with Crippen LogP contribution in [-0.2, 0) is 9.53 Å². The Hall–Kier alpha value is -1.21. The zero-order valence-electron chi connectivity index (χ0n) is 13.4. The number of halogens is 2. The molecule has 0 saturated carbocycles. The topological polar surface area (TPSA) is 67.6 Å². The van der Waals surface area contributed by atoms with E-state index < -0.39 is 6.04 Å². The Kier molecular flexibility index (Phi) is 6.35. The first-order chi connectivity index (χ1) is 10.9. The second-order valence-electron chi connectivity index (χ2n) is 5.86. The van der Waals surface area contributed by atoms with Crippen molar-refractivity contribution in [3.63, 3.8) is 0 Å². The van der Waals surface area contributed by atoms with E-state index in [0.29, 0.717) is 30.3 Å². The van der Waals surface area contributed by atoms with Crippen LogP contribution >= 0.6 is 11.6 Å². The third kappa shape index (κ3) is 4.64. The number of nitrogens with two attached hydrogens (primary N) is 1. The maximum Gasteiger partial charge on any atom is 0.236 e. The maximum absolute atomic E-state index is 14.4. The van der Waals surface area contributed by atoms with Crippen molar-refractivity contribution in [2.75, 3.05) is 26.2 Å². The summed E-state index contributed by atoms with van der Waals surface area (Å²) in [4.78, 5) is 13.9. The van der Waals surface area contributed by atoms with Crippen molar-refractivity contribution in [1.82, 2.24) is 10.2 Å². The Balaban J connectivity index is 2.25. The van der Waals surface area contributed by atoms with Crippen molar-refractivity contribution in [2.45, 2.75) is 32.0 Å². The third-order valence-electron chi connectivity index (χ3n) is 3.93. The molecule has 2 rings (SSSR count). The second-order valence-corrected chi connectivity index (χ2v) is 6.27. The van der Waals surface area contributed by atoms with Crippen LogP contribution in [0, 0.1) is 5.82 Å². The third-order valence-corrected chi connectivity index (χ3v) is 4.26. The largest absolute Gasteiger partial charge is 0.376 e. The fraction of sp³-hybridized carbons (Fsp3) is 0.562. The summed E-state index contributed by atoms with van der Waals surface area (Å²) in [5.74, 6) is -0.652. The van der Waals surface area contributed by atoms with Gasteiger partial charge in [0.25, 0.3) is 0 Å². The summed E-state index contributed by atoms with van der Waals surface area (Å²) in [6.45, 7) is 5.67. The van der Waals surface area contributed by atoms with Crippen LogP contribution in [0.25, 0.3) is 0 Å². The van der Waals surface area contributed by atoms with E-state index in [4.69, 9.17) is 22.1 Å². The normalized spacial score (nSPS) is 21.7. The number of carbonyl (C=O) groups excluding carboxylic acids is 1. The smallest absolute Gasteiger partial charge is 0.236 e. The zero-order chi connectivity index (χ0) is 17.0. The van der Waals surface area contributed by atoms with Crippen molar-refractivity contribution in [3.8, 4) is 0 Å². The first kappa shape index (κ1) is 18.1. The second kappa shape index (κ2) is 8.06. The molecule has 1 aromatic rings. The molecule has 0 aliphatic carbocycles. The number of benzene rings is 1. The Morgan fingerprint density at radius 1 is 1.61 bits per heavy atom. The molecule has 0 aromatic heterocycles. The minimum atomic E-state index is -0.615. The SMILES string of the molecule is C[C@@H]1CN([C@@H](CNC(=O)[C@H](C)N)c2c(F)cccc2Cl)CCO1. The van der Waals surface area contributed by atoms with Gasteiger partial charge in [-0.2, -0.15) is 0 Å². The molecule has 0 spiro atoms. The Labute approximate surface area is 140 Å². The van der Waals surface area contributed by atoms with E-state index in [2.05, 4.69) is 10.2 Å². The van der Waals surface area contributed by atoms with E-state index in [1.807, 2.05) is 6.92 Å². The Morgan fingerprint density at radius 2 is 2.35 bits per heavy atom. The van der Waals surface area contributed by atoms with Crippen molar-refractivity contribution >= 4 is 17.5 Å². The van der Waals surface area contributed by atoms with Gasteiger partial charge in [-0.15, -0.1) is 0 Å². The fourth-order valence-corrected chi connectivity index (χ4v) is 3.02. The lowest BCUT2D eigenvalue weighted by Crippen LogP contribution is -2.48. The standard InChI is InChI=1S/C16H23ClFN3O2/c1-10-9-21(6-7-23-10)14(8-20-16(22)11(2)19)15-12(17)4-3-5-13(15)18/h3-5,10-11,14H,6-9,19H2,1-2H3,(H,20,22)/t10-,11+,14+/m1/s1. The van der Waals surface area contributed by atoms with E-state index in [-0.39, 0.29) is 30.4 Å². The van der Waals surface area contributed by atoms with E-state index in [0.717, 1.165) is 0 Å². The molecule has 1 aromatic carbocycles. The van der Waals surface area contributed by atoms with Gasteiger partial charge in [0.15, 0.2) is 0 Å². The number of hydrogen-bond donors (Lipinski definition) is 2. The van der Waals surface area contributed by atoms with E-state index in [1.165, 1.54) is 6.07 Å². The molecule has 23 heavy (non-hydrogen) atoms. The molecule has 1 aliphatic heterocycles. The van der Waals surface area contributed by atoms with Gasteiger partial charge in [-0.05, 0) is 26.0 Å². The van der Waals surface area contributed by atoms with Gasteiger partial charge >= 0.3 is 0 Å². The molecule has 3 atom stereocenters. The highest BCUT2D eigenvalue weighted by Crippen LogP contribution is 2.31. The van der Waals surface area contributed by atoms with Crippen LogP contribution in [-0.4, -0.2) is 49.2 Å². The summed E-state index contributed by atoms with van der Waals surface area (Å²) in [6.07, 6.45) is 0.0425. The Morgan fingerprint density at radius 3 is 2.96 bits per heavy atom. The van der Waals surface area contributed by atoms with E-state index in [1.54, 1.807) is 19.1 Å². The zero-order valence-corrected chi connectivity index (χ0v) is 14.1. The lowest BCUT2D eigenvalue weighted by atomic mass is 10.0. The number of hydrogen-bond acceptors (Lipinski definition) is 4. The van der Waals surface area contributed by atoms with Gasteiger partial charge in [0.2, 0.25) is 5.91 Å². The monoisotopic (exact) mass is 343 g/mol. The van der Waals surface area contributed by atoms with Gasteiger partial charge in [-0.1, -0.05) is 17.7 Å². The maximum atomic E-state index is 14.4. The minimum absolute atomic E-state index is 0.0425. The van der Waals surface area contributed by atoms with Gasteiger partial charge in [0.1, 0.15) is 5.82 Å². The summed E-state index contributed by atoms with van der Waals surface area (Å²) in [5, 5.41) is 3.13. The minimum Gasteiger partial charge on any atom is -0.376 e. The number of carbonyl (C=O) groups is 1. The number of nitrogens with zero attached hydrogens (tertiary/aromatic N) is 1. The summed E-state index contributed by atoms with van der Waals surface area (Å²) in [7, 11) is 0. The summed E-state index contributed by atoms with van der Waals surface area (Å²) in [5.41, 5.74) is 5.97. The molecule has 1 heterocycles. The fourth-order valence-electron chi connectivity index (χ4n) is 2.73. The molecule has 128 valence electrons. The molecular formula is C16H23ClFN3O2. The van der Waals surface area contributed by atoms with E-state index >= 15 is 0 Å². The molecule has 0 unspecified atom stereocenters. The average Bonchev–Trinajstić information content (AvgIpc) is 2.49.